The van der Waals surface area contributed by atoms with Crippen LogP contribution in [-0.4, -0.2) is 6.29 Å². The molecule has 0 saturated heterocycles. The Bertz CT molecular complexity index is 283. The van der Waals surface area contributed by atoms with Crippen molar-refractivity contribution in [2.24, 2.45) is 17.3 Å². The molecule has 64 valence electrons. The molecular weight excluding hydrogens is 148 g/mol. The summed E-state index contributed by atoms with van der Waals surface area (Å²) in [5.41, 5.74) is 2.37. The van der Waals surface area contributed by atoms with Crippen LogP contribution in [0, 0.1) is 17.3 Å². The number of allylic oxidation sites excluding steroid dienone is 3. The van der Waals surface area contributed by atoms with Crippen molar-refractivity contribution in [2.45, 2.75) is 20.3 Å². The van der Waals surface area contributed by atoms with Crippen LogP contribution >= 0.6 is 0 Å². The van der Waals surface area contributed by atoms with Crippen LogP contribution in [-0.2, 0) is 4.79 Å². The second-order valence-corrected chi connectivity index (χ2v) is 4.50. The summed E-state index contributed by atoms with van der Waals surface area (Å²) in [5, 5.41) is 0. The number of carbonyl (C=O) groups is 1. The summed E-state index contributed by atoms with van der Waals surface area (Å²) in [6, 6.07) is 0. The van der Waals surface area contributed by atoms with Gasteiger partial charge in [-0.25, -0.2) is 0 Å². The van der Waals surface area contributed by atoms with Crippen LogP contribution in [0.4, 0.5) is 0 Å². The minimum atomic E-state index is 0.280. The molecule has 12 heavy (non-hydrogen) atoms. The van der Waals surface area contributed by atoms with Gasteiger partial charge in [0, 0.05) is 0 Å². The SMILES string of the molecule is C=C1C=C(C=O)[C@@H]2C[C@H]1C2(C)C. The molecule has 0 aromatic carbocycles. The van der Waals surface area contributed by atoms with Gasteiger partial charge in [-0.1, -0.05) is 32.1 Å². The normalized spacial score (nSPS) is 36.8. The monoisotopic (exact) mass is 162 g/mol. The molecule has 0 radical (unpaired) electrons. The number of aldehydes is 1. The van der Waals surface area contributed by atoms with Crippen molar-refractivity contribution < 1.29 is 4.79 Å². The first-order chi connectivity index (χ1) is 5.57. The maximum atomic E-state index is 10.7. The van der Waals surface area contributed by atoms with E-state index >= 15 is 0 Å². The van der Waals surface area contributed by atoms with Crippen molar-refractivity contribution in [1.29, 1.82) is 0 Å². The standard InChI is InChI=1S/C11H14O/c1-7-4-8(6-12)10-5-9(7)11(10,2)3/h4,6,9-10H,1,5H2,2-3H3/t9-,10+/m1/s1. The molecule has 1 fully saturated rings. The van der Waals surface area contributed by atoms with Gasteiger partial charge in [-0.3, -0.25) is 4.79 Å². The van der Waals surface area contributed by atoms with Gasteiger partial charge >= 0.3 is 0 Å². The lowest BCUT2D eigenvalue weighted by atomic mass is 9.48. The Morgan fingerprint density at radius 1 is 1.58 bits per heavy atom. The Labute approximate surface area is 73.2 Å². The van der Waals surface area contributed by atoms with Gasteiger partial charge in [-0.2, -0.15) is 0 Å². The van der Waals surface area contributed by atoms with Crippen molar-refractivity contribution in [3.63, 3.8) is 0 Å². The molecule has 1 heteroatoms. The van der Waals surface area contributed by atoms with Gasteiger partial charge in [0.1, 0.15) is 6.29 Å². The van der Waals surface area contributed by atoms with Crippen molar-refractivity contribution >= 4 is 6.29 Å². The Kier molecular flexibility index (Phi) is 1.36. The van der Waals surface area contributed by atoms with Crippen LogP contribution in [0.25, 0.3) is 0 Å². The minimum absolute atomic E-state index is 0.280. The molecule has 2 atom stereocenters. The van der Waals surface area contributed by atoms with Gasteiger partial charge in [0.15, 0.2) is 0 Å². The molecule has 0 unspecified atom stereocenters. The van der Waals surface area contributed by atoms with E-state index in [1.807, 2.05) is 6.08 Å². The second-order valence-electron chi connectivity index (χ2n) is 4.50. The third-order valence-electron chi connectivity index (χ3n) is 3.61. The Balaban J connectivity index is 2.42. The highest BCUT2D eigenvalue weighted by Gasteiger charge is 2.52. The van der Waals surface area contributed by atoms with E-state index < -0.39 is 0 Å². The molecule has 1 nitrogen and oxygen atoms in total. The predicted octanol–water partition coefficient (Wildman–Crippen LogP) is 2.34. The first kappa shape index (κ1) is 7.78. The van der Waals surface area contributed by atoms with Gasteiger partial charge in [0.25, 0.3) is 0 Å². The summed E-state index contributed by atoms with van der Waals surface area (Å²) >= 11 is 0. The van der Waals surface area contributed by atoms with Gasteiger partial charge in [-0.15, -0.1) is 0 Å². The van der Waals surface area contributed by atoms with Gasteiger partial charge < -0.3 is 0 Å². The van der Waals surface area contributed by atoms with E-state index in [2.05, 4.69) is 20.4 Å². The maximum Gasteiger partial charge on any atom is 0.146 e. The maximum absolute atomic E-state index is 10.7. The molecule has 3 rings (SSSR count). The van der Waals surface area contributed by atoms with E-state index in [4.69, 9.17) is 0 Å². The lowest BCUT2D eigenvalue weighted by molar-refractivity contribution is -0.107. The van der Waals surface area contributed by atoms with Crippen LogP contribution in [0.15, 0.2) is 23.8 Å². The van der Waals surface area contributed by atoms with Gasteiger partial charge in [0.2, 0.25) is 0 Å². The summed E-state index contributed by atoms with van der Waals surface area (Å²) in [7, 11) is 0. The Hall–Kier alpha value is -0.850. The zero-order valence-corrected chi connectivity index (χ0v) is 7.63. The van der Waals surface area contributed by atoms with Crippen molar-refractivity contribution in [1.82, 2.24) is 0 Å². The molecule has 0 aromatic rings. The zero-order valence-electron chi connectivity index (χ0n) is 7.63. The third kappa shape index (κ3) is 0.715. The fourth-order valence-electron chi connectivity index (χ4n) is 2.65. The highest BCUT2D eigenvalue weighted by Crippen LogP contribution is 2.60. The fourth-order valence-corrected chi connectivity index (χ4v) is 2.65. The topological polar surface area (TPSA) is 17.1 Å². The molecule has 2 bridgehead atoms. The zero-order chi connectivity index (χ0) is 8.93. The van der Waals surface area contributed by atoms with E-state index in [9.17, 15) is 4.79 Å². The van der Waals surface area contributed by atoms with Crippen LogP contribution in [0.5, 0.6) is 0 Å². The van der Waals surface area contributed by atoms with Crippen molar-refractivity contribution in [3.05, 3.63) is 23.8 Å². The number of carbonyl (C=O) groups excluding carboxylic acids is 1. The average Bonchev–Trinajstić information content (AvgIpc) is 2.02. The van der Waals surface area contributed by atoms with Crippen LogP contribution in [0.1, 0.15) is 20.3 Å². The molecular formula is C11H14O. The smallest absolute Gasteiger partial charge is 0.146 e. The summed E-state index contributed by atoms with van der Waals surface area (Å²) in [6.45, 7) is 8.45. The van der Waals surface area contributed by atoms with Gasteiger partial charge in [0.05, 0.1) is 0 Å². The average molecular weight is 162 g/mol. The first-order valence-electron chi connectivity index (χ1n) is 4.43. The number of fused-ring (bicyclic) bond motifs is 1. The highest BCUT2D eigenvalue weighted by atomic mass is 16.1. The molecule has 0 heterocycles. The molecule has 0 spiro atoms. The number of hydrogen-bond donors (Lipinski definition) is 0. The van der Waals surface area contributed by atoms with Crippen LogP contribution in [0.2, 0.25) is 0 Å². The molecule has 3 aliphatic rings. The molecule has 1 saturated carbocycles. The molecule has 3 aliphatic carbocycles. The molecule has 0 amide bonds. The lowest BCUT2D eigenvalue weighted by Crippen LogP contribution is -2.49. The Morgan fingerprint density at radius 2 is 2.25 bits per heavy atom. The van der Waals surface area contributed by atoms with Gasteiger partial charge in [-0.05, 0) is 29.2 Å². The number of rotatable bonds is 1. The van der Waals surface area contributed by atoms with Crippen molar-refractivity contribution in [2.75, 3.05) is 0 Å². The molecule has 0 aromatic heterocycles. The second kappa shape index (κ2) is 2.09. The van der Waals surface area contributed by atoms with E-state index in [0.29, 0.717) is 11.8 Å². The summed E-state index contributed by atoms with van der Waals surface area (Å²) in [6.07, 6.45) is 4.10. The number of hydrogen-bond acceptors (Lipinski definition) is 1. The molecule has 0 aliphatic heterocycles. The first-order valence-corrected chi connectivity index (χ1v) is 4.43. The fraction of sp³-hybridized carbons (Fsp3) is 0.545. The highest BCUT2D eigenvalue weighted by molar-refractivity contribution is 5.77. The predicted molar refractivity (Wildman–Crippen MR) is 48.7 cm³/mol. The van der Waals surface area contributed by atoms with E-state index in [1.54, 1.807) is 0 Å². The van der Waals surface area contributed by atoms with Crippen LogP contribution < -0.4 is 0 Å². The summed E-state index contributed by atoms with van der Waals surface area (Å²) in [5.74, 6) is 1.11. The van der Waals surface area contributed by atoms with E-state index in [0.717, 1.165) is 23.9 Å². The lowest BCUT2D eigenvalue weighted by Gasteiger charge is -2.56. The third-order valence-corrected chi connectivity index (χ3v) is 3.61. The molecule has 0 N–H and O–H groups in total. The minimum Gasteiger partial charge on any atom is -0.298 e. The van der Waals surface area contributed by atoms with Crippen molar-refractivity contribution in [3.8, 4) is 0 Å². The largest absolute Gasteiger partial charge is 0.298 e. The Morgan fingerprint density at radius 3 is 2.67 bits per heavy atom. The summed E-state index contributed by atoms with van der Waals surface area (Å²) < 4.78 is 0. The van der Waals surface area contributed by atoms with E-state index in [1.165, 1.54) is 0 Å². The quantitative estimate of drug-likeness (QED) is 0.541. The van der Waals surface area contributed by atoms with E-state index in [-0.39, 0.29) is 5.41 Å². The summed E-state index contributed by atoms with van der Waals surface area (Å²) in [4.78, 5) is 10.7. The van der Waals surface area contributed by atoms with Crippen LogP contribution in [0.3, 0.4) is 0 Å².